The monoisotopic (exact) mass is 281 g/mol. The van der Waals surface area contributed by atoms with Gasteiger partial charge in [-0.15, -0.1) is 0 Å². The molecule has 0 spiro atoms. The van der Waals surface area contributed by atoms with E-state index >= 15 is 0 Å². The average molecular weight is 281 g/mol. The number of hydrogen-bond acceptors (Lipinski definition) is 7. The number of nitrogen functional groups attached to an aromatic ring is 1. The number of rotatable bonds is 5. The third-order valence-corrected chi connectivity index (χ3v) is 3.28. The van der Waals surface area contributed by atoms with E-state index in [1.54, 1.807) is 6.07 Å². The van der Waals surface area contributed by atoms with Crippen molar-refractivity contribution in [1.82, 2.24) is 9.88 Å². The van der Waals surface area contributed by atoms with Crippen LogP contribution in [0.3, 0.4) is 0 Å². The van der Waals surface area contributed by atoms with Crippen molar-refractivity contribution >= 4 is 17.3 Å². The van der Waals surface area contributed by atoms with Crippen molar-refractivity contribution in [3.63, 3.8) is 0 Å². The van der Waals surface area contributed by atoms with Crippen molar-refractivity contribution in [3.05, 3.63) is 22.2 Å². The maximum atomic E-state index is 10.6. The molecule has 20 heavy (non-hydrogen) atoms. The van der Waals surface area contributed by atoms with Gasteiger partial charge in [0.05, 0.1) is 17.6 Å². The van der Waals surface area contributed by atoms with Crippen LogP contribution in [-0.2, 0) is 4.74 Å². The average Bonchev–Trinajstić information content (AvgIpc) is 2.45. The number of nitrogens with zero attached hydrogens (tertiary/aromatic N) is 3. The second-order valence-electron chi connectivity index (χ2n) is 4.62. The van der Waals surface area contributed by atoms with Crippen molar-refractivity contribution in [3.8, 4) is 0 Å². The molecule has 1 fully saturated rings. The smallest absolute Gasteiger partial charge is 0.311 e. The minimum atomic E-state index is -0.546. The second-order valence-corrected chi connectivity index (χ2v) is 4.62. The summed E-state index contributed by atoms with van der Waals surface area (Å²) >= 11 is 0. The van der Waals surface area contributed by atoms with Crippen LogP contribution in [-0.4, -0.2) is 53.7 Å². The Morgan fingerprint density at radius 1 is 1.65 bits per heavy atom. The van der Waals surface area contributed by atoms with E-state index < -0.39 is 4.92 Å². The molecule has 0 aliphatic carbocycles. The van der Waals surface area contributed by atoms with E-state index in [1.165, 1.54) is 6.07 Å². The van der Waals surface area contributed by atoms with E-state index in [1.807, 2.05) is 0 Å². The van der Waals surface area contributed by atoms with Gasteiger partial charge in [0.1, 0.15) is 5.82 Å². The van der Waals surface area contributed by atoms with Crippen LogP contribution >= 0.6 is 0 Å². The molecular weight excluding hydrogens is 262 g/mol. The predicted molar refractivity (Wildman–Crippen MR) is 75.6 cm³/mol. The Hall–Kier alpha value is -1.93. The number of hydrogen-bond donors (Lipinski definition) is 2. The zero-order chi connectivity index (χ0) is 14.5. The lowest BCUT2D eigenvalue weighted by Gasteiger charge is -2.32. The van der Waals surface area contributed by atoms with Gasteiger partial charge in [-0.25, -0.2) is 4.98 Å². The third kappa shape index (κ3) is 3.55. The Bertz CT molecular complexity index is 482. The molecule has 1 atom stereocenters. The van der Waals surface area contributed by atoms with Crippen LogP contribution in [0.4, 0.5) is 17.3 Å². The van der Waals surface area contributed by atoms with E-state index in [0.29, 0.717) is 12.4 Å². The molecule has 1 aliphatic rings. The number of morpholine rings is 1. The fraction of sp³-hybridized carbons (Fsp3) is 0.583. The van der Waals surface area contributed by atoms with E-state index in [-0.39, 0.29) is 17.6 Å². The van der Waals surface area contributed by atoms with Gasteiger partial charge >= 0.3 is 5.69 Å². The van der Waals surface area contributed by atoms with Crippen LogP contribution in [0.2, 0.25) is 0 Å². The Labute approximate surface area is 117 Å². The molecule has 2 rings (SSSR count). The normalized spacial score (nSPS) is 19.8. The first kappa shape index (κ1) is 14.5. The van der Waals surface area contributed by atoms with Gasteiger partial charge in [-0.05, 0) is 12.6 Å². The van der Waals surface area contributed by atoms with Gasteiger partial charge < -0.3 is 15.8 Å². The highest BCUT2D eigenvalue weighted by atomic mass is 16.6. The summed E-state index contributed by atoms with van der Waals surface area (Å²) < 4.78 is 5.65. The summed E-state index contributed by atoms with van der Waals surface area (Å²) in [5.41, 5.74) is 5.36. The maximum Gasteiger partial charge on any atom is 0.311 e. The molecule has 0 radical (unpaired) electrons. The van der Waals surface area contributed by atoms with Crippen molar-refractivity contribution in [2.75, 3.05) is 43.8 Å². The van der Waals surface area contributed by atoms with E-state index in [4.69, 9.17) is 10.5 Å². The minimum absolute atomic E-state index is 0.0836. The highest BCUT2D eigenvalue weighted by Gasteiger charge is 2.19. The molecule has 1 saturated heterocycles. The van der Waals surface area contributed by atoms with Gasteiger partial charge in [-0.2, -0.15) is 0 Å². The summed E-state index contributed by atoms with van der Waals surface area (Å²) in [5.74, 6) is 0.435. The quantitative estimate of drug-likeness (QED) is 0.604. The molecular formula is C12H19N5O3. The van der Waals surface area contributed by atoms with E-state index in [0.717, 1.165) is 26.2 Å². The molecule has 0 saturated carbocycles. The zero-order valence-corrected chi connectivity index (χ0v) is 11.4. The number of pyridine rings is 1. The second kappa shape index (κ2) is 6.49. The highest BCUT2D eigenvalue weighted by molar-refractivity contribution is 5.57. The molecule has 8 heteroatoms. The highest BCUT2D eigenvalue weighted by Crippen LogP contribution is 2.20. The Balaban J connectivity index is 1.91. The predicted octanol–water partition coefficient (Wildman–Crippen LogP) is 0.705. The summed E-state index contributed by atoms with van der Waals surface area (Å²) in [6.45, 7) is 6.26. The standard InChI is InChI=1S/C12H19N5O3/c1-2-16-5-6-20-9(8-16)7-14-11-4-3-10(17(18)19)12(13)15-11/h3-4,9H,2,5-8H2,1H3,(H3,13,14,15). The van der Waals surface area contributed by atoms with Crippen molar-refractivity contribution in [1.29, 1.82) is 0 Å². The number of likely N-dealkylation sites (N-methyl/N-ethyl adjacent to an activating group) is 1. The lowest BCUT2D eigenvalue weighted by Crippen LogP contribution is -2.45. The fourth-order valence-corrected chi connectivity index (χ4v) is 2.13. The maximum absolute atomic E-state index is 10.6. The number of nitrogens with one attached hydrogen (secondary N) is 1. The molecule has 1 unspecified atom stereocenters. The lowest BCUT2D eigenvalue weighted by molar-refractivity contribution is -0.384. The van der Waals surface area contributed by atoms with Gasteiger partial charge in [-0.3, -0.25) is 15.0 Å². The van der Waals surface area contributed by atoms with E-state index in [9.17, 15) is 10.1 Å². The van der Waals surface area contributed by atoms with Crippen LogP contribution in [0, 0.1) is 10.1 Å². The molecule has 3 N–H and O–H groups in total. The Morgan fingerprint density at radius 3 is 3.10 bits per heavy atom. The van der Waals surface area contributed by atoms with Gasteiger partial charge in [-0.1, -0.05) is 6.92 Å². The summed E-state index contributed by atoms with van der Waals surface area (Å²) in [5, 5.41) is 13.7. The first-order chi connectivity index (χ1) is 9.60. The minimum Gasteiger partial charge on any atom is -0.378 e. The lowest BCUT2D eigenvalue weighted by atomic mass is 10.2. The fourth-order valence-electron chi connectivity index (χ4n) is 2.13. The van der Waals surface area contributed by atoms with Crippen molar-refractivity contribution in [2.45, 2.75) is 13.0 Å². The van der Waals surface area contributed by atoms with Crippen LogP contribution in [0.5, 0.6) is 0 Å². The van der Waals surface area contributed by atoms with Crippen LogP contribution in [0.25, 0.3) is 0 Å². The van der Waals surface area contributed by atoms with Gasteiger partial charge in [0, 0.05) is 25.7 Å². The molecule has 8 nitrogen and oxygen atoms in total. The molecule has 0 amide bonds. The molecule has 2 heterocycles. The molecule has 1 aromatic heterocycles. The molecule has 1 aromatic rings. The topological polar surface area (TPSA) is 107 Å². The first-order valence-corrected chi connectivity index (χ1v) is 6.59. The van der Waals surface area contributed by atoms with Crippen molar-refractivity contribution < 1.29 is 9.66 Å². The van der Waals surface area contributed by atoms with Crippen molar-refractivity contribution in [2.24, 2.45) is 0 Å². The summed E-state index contributed by atoms with van der Waals surface area (Å²) in [7, 11) is 0. The third-order valence-electron chi connectivity index (χ3n) is 3.28. The molecule has 1 aliphatic heterocycles. The van der Waals surface area contributed by atoms with Crippen LogP contribution in [0.1, 0.15) is 6.92 Å². The number of anilines is 2. The zero-order valence-electron chi connectivity index (χ0n) is 11.4. The molecule has 0 bridgehead atoms. The van der Waals surface area contributed by atoms with Gasteiger partial charge in [0.25, 0.3) is 0 Å². The summed E-state index contributed by atoms with van der Waals surface area (Å²) in [6, 6.07) is 2.90. The molecule has 110 valence electrons. The Morgan fingerprint density at radius 2 is 2.45 bits per heavy atom. The Kier molecular flexibility index (Phi) is 4.70. The first-order valence-electron chi connectivity index (χ1n) is 6.59. The summed E-state index contributed by atoms with van der Waals surface area (Å²) in [4.78, 5) is 16.4. The largest absolute Gasteiger partial charge is 0.378 e. The van der Waals surface area contributed by atoms with Gasteiger partial charge in [0.2, 0.25) is 5.82 Å². The van der Waals surface area contributed by atoms with Crippen LogP contribution < -0.4 is 11.1 Å². The SMILES string of the molecule is CCN1CCOC(CNc2ccc([N+](=O)[O-])c(N)n2)C1. The van der Waals surface area contributed by atoms with E-state index in [2.05, 4.69) is 22.1 Å². The number of nitro groups is 1. The number of nitrogens with two attached hydrogens (primary N) is 1. The number of ether oxygens (including phenoxy) is 1. The van der Waals surface area contributed by atoms with Crippen LogP contribution in [0.15, 0.2) is 12.1 Å². The molecule has 0 aromatic carbocycles. The summed E-state index contributed by atoms with van der Waals surface area (Å²) in [6.07, 6.45) is 0.0851. The number of aromatic nitrogens is 1. The van der Waals surface area contributed by atoms with Gasteiger partial charge in [0.15, 0.2) is 0 Å².